The third-order valence-electron chi connectivity index (χ3n) is 4.21. The molecule has 1 saturated heterocycles. The van der Waals surface area contributed by atoms with E-state index in [2.05, 4.69) is 4.98 Å². The Morgan fingerprint density at radius 2 is 2.15 bits per heavy atom. The fourth-order valence-corrected chi connectivity index (χ4v) is 2.90. The van der Waals surface area contributed by atoms with Crippen LogP contribution in [0.25, 0.3) is 6.08 Å². The predicted octanol–water partition coefficient (Wildman–Crippen LogP) is 3.71. The molecular weight excluding hydrogens is 328 g/mol. The molecule has 1 aliphatic heterocycles. The topological polar surface area (TPSA) is 51.7 Å². The molecular formula is C21H24N2O3. The first kappa shape index (κ1) is 18.1. The summed E-state index contributed by atoms with van der Waals surface area (Å²) < 4.78 is 11.1. The zero-order valence-corrected chi connectivity index (χ0v) is 15.0. The van der Waals surface area contributed by atoms with E-state index in [-0.39, 0.29) is 12.0 Å². The summed E-state index contributed by atoms with van der Waals surface area (Å²) >= 11 is 0. The number of aromatic nitrogens is 1. The van der Waals surface area contributed by atoms with Crippen LogP contribution in [-0.4, -0.2) is 36.8 Å². The number of rotatable bonds is 7. The molecule has 3 rings (SSSR count). The Morgan fingerprint density at radius 1 is 1.31 bits per heavy atom. The second-order valence-corrected chi connectivity index (χ2v) is 6.11. The SMILES string of the molecule is CCOc1ccc(/C=C/C(=O)N(CC2CCCO2)c2ccccn2)cc1. The average Bonchev–Trinajstić information content (AvgIpc) is 3.19. The summed E-state index contributed by atoms with van der Waals surface area (Å²) in [4.78, 5) is 18.8. The second-order valence-electron chi connectivity index (χ2n) is 6.11. The van der Waals surface area contributed by atoms with Crippen molar-refractivity contribution >= 4 is 17.8 Å². The van der Waals surface area contributed by atoms with Crippen LogP contribution in [0, 0.1) is 0 Å². The van der Waals surface area contributed by atoms with Crippen LogP contribution >= 0.6 is 0 Å². The van der Waals surface area contributed by atoms with Gasteiger partial charge in [-0.3, -0.25) is 9.69 Å². The molecule has 1 aromatic heterocycles. The normalized spacial score (nSPS) is 16.7. The summed E-state index contributed by atoms with van der Waals surface area (Å²) in [5.74, 6) is 1.36. The second kappa shape index (κ2) is 9.15. The molecule has 0 radical (unpaired) electrons. The van der Waals surface area contributed by atoms with E-state index in [4.69, 9.17) is 9.47 Å². The van der Waals surface area contributed by atoms with Crippen molar-refractivity contribution in [2.75, 3.05) is 24.7 Å². The minimum atomic E-state index is -0.104. The van der Waals surface area contributed by atoms with Crippen molar-refractivity contribution < 1.29 is 14.3 Å². The van der Waals surface area contributed by atoms with Gasteiger partial charge < -0.3 is 9.47 Å². The lowest BCUT2D eigenvalue weighted by molar-refractivity contribution is -0.114. The number of pyridine rings is 1. The van der Waals surface area contributed by atoms with Gasteiger partial charge in [-0.2, -0.15) is 0 Å². The van der Waals surface area contributed by atoms with Crippen molar-refractivity contribution in [3.8, 4) is 5.75 Å². The van der Waals surface area contributed by atoms with Crippen LogP contribution in [0.2, 0.25) is 0 Å². The van der Waals surface area contributed by atoms with Gasteiger partial charge in [0.05, 0.1) is 19.3 Å². The first-order valence-corrected chi connectivity index (χ1v) is 9.01. The number of benzene rings is 1. The highest BCUT2D eigenvalue weighted by Crippen LogP contribution is 2.18. The molecule has 1 aliphatic rings. The molecule has 2 heterocycles. The van der Waals surface area contributed by atoms with E-state index in [1.807, 2.05) is 55.5 Å². The Hall–Kier alpha value is -2.66. The lowest BCUT2D eigenvalue weighted by Crippen LogP contribution is -2.37. The Bertz CT molecular complexity index is 723. The van der Waals surface area contributed by atoms with Gasteiger partial charge in [0.15, 0.2) is 0 Å². The number of carbonyl (C=O) groups is 1. The molecule has 0 spiro atoms. The quantitative estimate of drug-likeness (QED) is 0.713. The van der Waals surface area contributed by atoms with Crippen molar-refractivity contribution in [1.29, 1.82) is 0 Å². The number of nitrogens with zero attached hydrogens (tertiary/aromatic N) is 2. The highest BCUT2D eigenvalue weighted by molar-refractivity contribution is 6.03. The molecule has 2 aromatic rings. The summed E-state index contributed by atoms with van der Waals surface area (Å²) in [5.41, 5.74) is 0.944. The van der Waals surface area contributed by atoms with Crippen molar-refractivity contribution in [2.24, 2.45) is 0 Å². The number of carbonyl (C=O) groups excluding carboxylic acids is 1. The van der Waals surface area contributed by atoms with Crippen LogP contribution in [0.3, 0.4) is 0 Å². The molecule has 1 amide bonds. The molecule has 0 bridgehead atoms. The monoisotopic (exact) mass is 352 g/mol. The highest BCUT2D eigenvalue weighted by atomic mass is 16.5. The smallest absolute Gasteiger partial charge is 0.252 e. The minimum Gasteiger partial charge on any atom is -0.494 e. The van der Waals surface area contributed by atoms with Crippen LogP contribution < -0.4 is 9.64 Å². The zero-order chi connectivity index (χ0) is 18.2. The van der Waals surface area contributed by atoms with Gasteiger partial charge in [0.2, 0.25) is 0 Å². The fraction of sp³-hybridized carbons (Fsp3) is 0.333. The van der Waals surface area contributed by atoms with Gasteiger partial charge in [0, 0.05) is 18.9 Å². The maximum absolute atomic E-state index is 12.8. The lowest BCUT2D eigenvalue weighted by atomic mass is 10.2. The Morgan fingerprint density at radius 3 is 2.81 bits per heavy atom. The van der Waals surface area contributed by atoms with Crippen LogP contribution in [0.1, 0.15) is 25.3 Å². The molecule has 1 fully saturated rings. The van der Waals surface area contributed by atoms with E-state index < -0.39 is 0 Å². The van der Waals surface area contributed by atoms with E-state index in [1.54, 1.807) is 17.2 Å². The van der Waals surface area contributed by atoms with Gasteiger partial charge in [-0.15, -0.1) is 0 Å². The van der Waals surface area contributed by atoms with E-state index in [1.165, 1.54) is 0 Å². The van der Waals surface area contributed by atoms with E-state index in [0.29, 0.717) is 19.0 Å². The number of amides is 1. The maximum Gasteiger partial charge on any atom is 0.252 e. The average molecular weight is 352 g/mol. The molecule has 26 heavy (non-hydrogen) atoms. The van der Waals surface area contributed by atoms with Gasteiger partial charge >= 0.3 is 0 Å². The summed E-state index contributed by atoms with van der Waals surface area (Å²) in [6.45, 7) is 3.86. The third-order valence-corrected chi connectivity index (χ3v) is 4.21. The van der Waals surface area contributed by atoms with E-state index in [9.17, 15) is 4.79 Å². The standard InChI is InChI=1S/C21H24N2O3/c1-2-25-18-11-8-17(9-12-18)10-13-21(24)23(16-19-6-5-15-26-19)20-7-3-4-14-22-20/h3-4,7-14,19H,2,5-6,15-16H2,1H3/b13-10+. The lowest BCUT2D eigenvalue weighted by Gasteiger charge is -2.23. The first-order valence-electron chi connectivity index (χ1n) is 9.01. The largest absolute Gasteiger partial charge is 0.494 e. The molecule has 5 heteroatoms. The van der Waals surface area contributed by atoms with Crippen molar-refractivity contribution in [2.45, 2.75) is 25.9 Å². The van der Waals surface area contributed by atoms with Crippen LogP contribution in [0.15, 0.2) is 54.7 Å². The number of ether oxygens (including phenoxy) is 2. The summed E-state index contributed by atoms with van der Waals surface area (Å²) in [6.07, 6.45) is 7.17. The van der Waals surface area contributed by atoms with Crippen molar-refractivity contribution in [3.63, 3.8) is 0 Å². The maximum atomic E-state index is 12.8. The molecule has 0 aliphatic carbocycles. The molecule has 1 atom stereocenters. The molecule has 1 unspecified atom stereocenters. The van der Waals surface area contributed by atoms with Gasteiger partial charge in [-0.05, 0) is 55.7 Å². The van der Waals surface area contributed by atoms with E-state index in [0.717, 1.165) is 30.8 Å². The van der Waals surface area contributed by atoms with Crippen molar-refractivity contribution in [1.82, 2.24) is 4.98 Å². The van der Waals surface area contributed by atoms with Gasteiger partial charge in [0.25, 0.3) is 5.91 Å². The molecule has 1 aromatic carbocycles. The van der Waals surface area contributed by atoms with Gasteiger partial charge in [0.1, 0.15) is 11.6 Å². The Kier molecular flexibility index (Phi) is 6.39. The Labute approximate surface area is 154 Å². The van der Waals surface area contributed by atoms with Crippen molar-refractivity contribution in [3.05, 3.63) is 60.3 Å². The highest BCUT2D eigenvalue weighted by Gasteiger charge is 2.23. The predicted molar refractivity (Wildman–Crippen MR) is 102 cm³/mol. The summed E-state index contributed by atoms with van der Waals surface area (Å²) in [7, 11) is 0. The van der Waals surface area contributed by atoms with Crippen LogP contribution in [0.4, 0.5) is 5.82 Å². The molecule has 0 N–H and O–H groups in total. The van der Waals surface area contributed by atoms with Crippen LogP contribution in [0.5, 0.6) is 5.75 Å². The number of hydrogen-bond donors (Lipinski definition) is 0. The number of hydrogen-bond acceptors (Lipinski definition) is 4. The van der Waals surface area contributed by atoms with Gasteiger partial charge in [-0.25, -0.2) is 4.98 Å². The molecule has 136 valence electrons. The molecule has 0 saturated carbocycles. The summed E-state index contributed by atoms with van der Waals surface area (Å²) in [5, 5.41) is 0. The summed E-state index contributed by atoms with van der Waals surface area (Å²) in [6, 6.07) is 13.2. The first-order chi connectivity index (χ1) is 12.8. The zero-order valence-electron chi connectivity index (χ0n) is 15.0. The fourth-order valence-electron chi connectivity index (χ4n) is 2.90. The minimum absolute atomic E-state index is 0.0693. The van der Waals surface area contributed by atoms with Gasteiger partial charge in [-0.1, -0.05) is 18.2 Å². The molecule has 5 nitrogen and oxygen atoms in total. The number of anilines is 1. The Balaban J connectivity index is 1.71. The van der Waals surface area contributed by atoms with Crippen LogP contribution in [-0.2, 0) is 9.53 Å². The van der Waals surface area contributed by atoms with E-state index >= 15 is 0 Å². The third kappa shape index (κ3) is 4.92.